The van der Waals surface area contributed by atoms with Gasteiger partial charge in [0, 0.05) is 6.04 Å². The summed E-state index contributed by atoms with van der Waals surface area (Å²) in [5, 5.41) is 11.2. The second-order valence-electron chi connectivity index (χ2n) is 3.69. The first-order chi connectivity index (χ1) is 6.97. The molecule has 4 heteroatoms. The zero-order valence-electron chi connectivity index (χ0n) is 9.12. The minimum Gasteiger partial charge on any atom is -0.481 e. The third-order valence-corrected chi connectivity index (χ3v) is 2.20. The van der Waals surface area contributed by atoms with Crippen molar-refractivity contribution in [2.24, 2.45) is 5.92 Å². The lowest BCUT2D eigenvalue weighted by Gasteiger charge is -2.12. The number of amides is 1. The molecule has 0 saturated carbocycles. The van der Waals surface area contributed by atoms with Gasteiger partial charge in [-0.05, 0) is 25.7 Å². The van der Waals surface area contributed by atoms with Crippen LogP contribution >= 0.6 is 0 Å². The van der Waals surface area contributed by atoms with E-state index in [9.17, 15) is 9.59 Å². The second kappa shape index (κ2) is 6.88. The van der Waals surface area contributed by atoms with Crippen molar-refractivity contribution in [3.05, 3.63) is 0 Å². The third-order valence-electron chi connectivity index (χ3n) is 2.20. The highest BCUT2D eigenvalue weighted by Crippen LogP contribution is 2.09. The van der Waals surface area contributed by atoms with Gasteiger partial charge in [-0.2, -0.15) is 0 Å². The first kappa shape index (κ1) is 13.5. The molecule has 15 heavy (non-hydrogen) atoms. The van der Waals surface area contributed by atoms with Gasteiger partial charge < -0.3 is 10.4 Å². The molecule has 0 saturated heterocycles. The quantitative estimate of drug-likeness (QED) is 0.644. The zero-order valence-corrected chi connectivity index (χ0v) is 9.12. The van der Waals surface area contributed by atoms with Crippen molar-refractivity contribution < 1.29 is 14.7 Å². The molecule has 2 unspecified atom stereocenters. The summed E-state index contributed by atoms with van der Waals surface area (Å²) < 4.78 is 0. The lowest BCUT2D eigenvalue weighted by atomic mass is 10.0. The van der Waals surface area contributed by atoms with Crippen LogP contribution in [0.5, 0.6) is 0 Å². The van der Waals surface area contributed by atoms with Crippen molar-refractivity contribution in [3.63, 3.8) is 0 Å². The summed E-state index contributed by atoms with van der Waals surface area (Å²) in [6, 6.07) is -0.00505. The molecule has 0 rings (SSSR count). The summed E-state index contributed by atoms with van der Waals surface area (Å²) in [6.07, 6.45) is 7.02. The Bertz CT molecular complexity index is 267. The number of hydrogen-bond acceptors (Lipinski definition) is 2. The monoisotopic (exact) mass is 211 g/mol. The number of nitrogens with one attached hydrogen (secondary N) is 1. The van der Waals surface area contributed by atoms with Crippen LogP contribution in [0.25, 0.3) is 0 Å². The summed E-state index contributed by atoms with van der Waals surface area (Å²) in [5.41, 5.74) is 0. The van der Waals surface area contributed by atoms with E-state index in [0.29, 0.717) is 6.42 Å². The molecular formula is C11H17NO3. The van der Waals surface area contributed by atoms with Crippen molar-refractivity contribution in [1.82, 2.24) is 5.32 Å². The molecule has 84 valence electrons. The van der Waals surface area contributed by atoms with Gasteiger partial charge in [-0.25, -0.2) is 0 Å². The molecule has 0 spiro atoms. The van der Waals surface area contributed by atoms with Gasteiger partial charge in [0.25, 0.3) is 5.91 Å². The van der Waals surface area contributed by atoms with E-state index in [1.54, 1.807) is 6.92 Å². The van der Waals surface area contributed by atoms with Crippen molar-refractivity contribution in [2.75, 3.05) is 0 Å². The summed E-state index contributed by atoms with van der Waals surface area (Å²) in [5.74, 6) is 0.432. The molecule has 2 atom stereocenters. The van der Waals surface area contributed by atoms with Crippen molar-refractivity contribution in [1.29, 1.82) is 0 Å². The normalized spacial score (nSPS) is 13.7. The molecule has 0 aliphatic heterocycles. The number of rotatable bonds is 6. The average Bonchev–Trinajstić information content (AvgIpc) is 2.17. The van der Waals surface area contributed by atoms with Crippen LogP contribution in [0.1, 0.15) is 33.1 Å². The Labute approximate surface area is 90.1 Å². The van der Waals surface area contributed by atoms with Gasteiger partial charge in [-0.1, -0.05) is 13.3 Å². The van der Waals surface area contributed by atoms with Gasteiger partial charge in [0.05, 0.1) is 5.92 Å². The van der Waals surface area contributed by atoms with Crippen LogP contribution < -0.4 is 5.32 Å². The summed E-state index contributed by atoms with van der Waals surface area (Å²) in [7, 11) is 0. The first-order valence-electron chi connectivity index (χ1n) is 4.97. The van der Waals surface area contributed by atoms with Gasteiger partial charge >= 0.3 is 5.97 Å². The van der Waals surface area contributed by atoms with Gasteiger partial charge in [-0.15, -0.1) is 6.42 Å². The third kappa shape index (κ3) is 6.55. The fourth-order valence-electron chi connectivity index (χ4n) is 1.19. The molecule has 0 aromatic carbocycles. The topological polar surface area (TPSA) is 66.4 Å². The lowest BCUT2D eigenvalue weighted by Crippen LogP contribution is -2.31. The molecule has 0 aromatic rings. The van der Waals surface area contributed by atoms with Crippen LogP contribution in [0.2, 0.25) is 0 Å². The molecule has 0 aliphatic carbocycles. The SMILES string of the molecule is C#CC(=O)NC(C)CCCC(C)C(=O)O. The number of hydrogen-bond donors (Lipinski definition) is 2. The Balaban J connectivity index is 3.64. The number of carboxylic acids is 1. The van der Waals surface area contributed by atoms with Crippen molar-refractivity contribution >= 4 is 11.9 Å². The van der Waals surface area contributed by atoms with E-state index in [1.165, 1.54) is 0 Å². The van der Waals surface area contributed by atoms with E-state index >= 15 is 0 Å². The second-order valence-corrected chi connectivity index (χ2v) is 3.69. The minimum absolute atomic E-state index is 0.00505. The molecule has 1 amide bonds. The maximum atomic E-state index is 10.8. The maximum Gasteiger partial charge on any atom is 0.306 e. The largest absolute Gasteiger partial charge is 0.481 e. The molecule has 0 fully saturated rings. The minimum atomic E-state index is -0.782. The van der Waals surface area contributed by atoms with Gasteiger partial charge in [0.2, 0.25) is 0 Å². The Morgan fingerprint density at radius 2 is 2.00 bits per heavy atom. The summed E-state index contributed by atoms with van der Waals surface area (Å²) >= 11 is 0. The van der Waals surface area contributed by atoms with E-state index in [1.807, 2.05) is 12.8 Å². The van der Waals surface area contributed by atoms with Gasteiger partial charge in [-0.3, -0.25) is 9.59 Å². The summed E-state index contributed by atoms with van der Waals surface area (Å²) in [6.45, 7) is 3.52. The number of carbonyl (C=O) groups excluding carboxylic acids is 1. The first-order valence-corrected chi connectivity index (χ1v) is 4.97. The van der Waals surface area contributed by atoms with Crippen LogP contribution in [-0.4, -0.2) is 23.0 Å². The Morgan fingerprint density at radius 3 is 2.47 bits per heavy atom. The molecule has 0 aliphatic rings. The molecule has 0 bridgehead atoms. The smallest absolute Gasteiger partial charge is 0.306 e. The molecule has 0 heterocycles. The maximum absolute atomic E-state index is 10.8. The Morgan fingerprint density at radius 1 is 1.40 bits per heavy atom. The number of carboxylic acid groups (broad SMARTS) is 1. The number of terminal acetylenes is 1. The molecular weight excluding hydrogens is 194 g/mol. The standard InChI is InChI=1S/C11H17NO3/c1-4-10(13)12-9(3)7-5-6-8(2)11(14)15/h1,8-9H,5-7H2,2-3H3,(H,12,13)(H,14,15). The average molecular weight is 211 g/mol. The highest BCUT2D eigenvalue weighted by molar-refractivity contribution is 5.92. The van der Waals surface area contributed by atoms with Crippen LogP contribution in [0.4, 0.5) is 0 Å². The molecule has 0 radical (unpaired) electrons. The van der Waals surface area contributed by atoms with Crippen molar-refractivity contribution in [2.45, 2.75) is 39.2 Å². The zero-order chi connectivity index (χ0) is 11.8. The number of aliphatic carboxylic acids is 1. The predicted molar refractivity (Wildman–Crippen MR) is 57.1 cm³/mol. The van der Waals surface area contributed by atoms with Crippen LogP contribution in [0, 0.1) is 18.3 Å². The van der Waals surface area contributed by atoms with Gasteiger partial charge in [0.15, 0.2) is 0 Å². The Hall–Kier alpha value is -1.50. The summed E-state index contributed by atoms with van der Waals surface area (Å²) in [4.78, 5) is 21.3. The molecule has 0 aromatic heterocycles. The fraction of sp³-hybridized carbons (Fsp3) is 0.636. The fourth-order valence-corrected chi connectivity index (χ4v) is 1.19. The highest BCUT2D eigenvalue weighted by atomic mass is 16.4. The molecule has 2 N–H and O–H groups in total. The lowest BCUT2D eigenvalue weighted by molar-refractivity contribution is -0.141. The van der Waals surface area contributed by atoms with E-state index in [0.717, 1.165) is 12.8 Å². The van der Waals surface area contributed by atoms with E-state index in [2.05, 4.69) is 5.32 Å². The van der Waals surface area contributed by atoms with Crippen LogP contribution in [0.15, 0.2) is 0 Å². The molecule has 4 nitrogen and oxygen atoms in total. The Kier molecular flexibility index (Phi) is 6.19. The van der Waals surface area contributed by atoms with E-state index in [-0.39, 0.29) is 12.0 Å². The number of carbonyl (C=O) groups is 2. The van der Waals surface area contributed by atoms with Crippen molar-refractivity contribution in [3.8, 4) is 12.3 Å². The van der Waals surface area contributed by atoms with E-state index in [4.69, 9.17) is 11.5 Å². The van der Waals surface area contributed by atoms with Crippen LogP contribution in [-0.2, 0) is 9.59 Å². The predicted octanol–water partition coefficient (Wildman–Crippen LogP) is 1.02. The van der Waals surface area contributed by atoms with E-state index < -0.39 is 11.9 Å². The highest BCUT2D eigenvalue weighted by Gasteiger charge is 2.11. The van der Waals surface area contributed by atoms with Crippen LogP contribution in [0.3, 0.4) is 0 Å². The van der Waals surface area contributed by atoms with Gasteiger partial charge in [0.1, 0.15) is 0 Å².